The van der Waals surface area contributed by atoms with Crippen LogP contribution in [0.2, 0.25) is 0 Å². The van der Waals surface area contributed by atoms with Gasteiger partial charge in [-0.05, 0) is 54.3 Å². The van der Waals surface area contributed by atoms with E-state index in [1.165, 1.54) is 5.56 Å². The molecule has 0 saturated carbocycles. The second-order valence-electron chi connectivity index (χ2n) is 7.09. The second-order valence-corrected chi connectivity index (χ2v) is 7.09. The average Bonchev–Trinajstić information content (AvgIpc) is 3.42. The molecule has 2 aliphatic heterocycles. The van der Waals surface area contributed by atoms with Gasteiger partial charge in [0.05, 0.1) is 20.2 Å². The van der Waals surface area contributed by atoms with Crippen LogP contribution < -0.4 is 15.0 Å². The standard InChI is InChI=1S/C21H22N4O/c1-26-19-6-7-20-16(10-19)11-21(24-20)8-9-25(14-21)18-4-2-15(3-5-18)17-12-22-23-13-17/h2-7,10,12-13,24H,8-9,11,14H2,1H3,(H,22,23)/i14D. The van der Waals surface area contributed by atoms with Gasteiger partial charge in [-0.15, -0.1) is 0 Å². The average molecular weight is 347 g/mol. The summed E-state index contributed by atoms with van der Waals surface area (Å²) in [6, 6.07) is 14.5. The molecule has 1 saturated heterocycles. The first-order valence-electron chi connectivity index (χ1n) is 9.49. The van der Waals surface area contributed by atoms with Crippen LogP contribution in [0.15, 0.2) is 54.9 Å². The molecule has 26 heavy (non-hydrogen) atoms. The Balaban J connectivity index is 1.38. The van der Waals surface area contributed by atoms with E-state index in [0.29, 0.717) is 0 Å². The highest BCUT2D eigenvalue weighted by molar-refractivity contribution is 5.66. The van der Waals surface area contributed by atoms with Crippen LogP contribution in [0.5, 0.6) is 5.75 Å². The number of nitrogens with zero attached hydrogens (tertiary/aromatic N) is 2. The lowest BCUT2D eigenvalue weighted by Crippen LogP contribution is -2.39. The molecule has 132 valence electrons. The zero-order valence-electron chi connectivity index (χ0n) is 15.7. The number of benzene rings is 2. The number of hydrogen-bond donors (Lipinski definition) is 2. The third-order valence-corrected chi connectivity index (χ3v) is 5.43. The van der Waals surface area contributed by atoms with Crippen molar-refractivity contribution < 1.29 is 6.11 Å². The van der Waals surface area contributed by atoms with E-state index < -0.39 is 0 Å². The number of methoxy groups -OCH3 is 1. The SMILES string of the molecule is [2H]C1N(c2ccc(-c3cn[nH]c3)cc2)CCC12Cc1cc(OC)ccc1N2. The lowest BCUT2D eigenvalue weighted by atomic mass is 9.94. The summed E-state index contributed by atoms with van der Waals surface area (Å²) in [5, 5.41) is 10.5. The van der Waals surface area contributed by atoms with Gasteiger partial charge in [0.25, 0.3) is 0 Å². The molecule has 2 aliphatic rings. The van der Waals surface area contributed by atoms with Gasteiger partial charge in [-0.25, -0.2) is 0 Å². The molecule has 1 spiro atoms. The van der Waals surface area contributed by atoms with E-state index in [0.717, 1.165) is 47.6 Å². The van der Waals surface area contributed by atoms with Crippen molar-refractivity contribution in [3.63, 3.8) is 0 Å². The first-order chi connectivity index (χ1) is 13.2. The summed E-state index contributed by atoms with van der Waals surface area (Å²) in [7, 11) is 1.69. The number of hydrogen-bond acceptors (Lipinski definition) is 4. The van der Waals surface area contributed by atoms with Crippen LogP contribution in [0.3, 0.4) is 0 Å². The molecule has 1 fully saturated rings. The van der Waals surface area contributed by atoms with Crippen LogP contribution in [0, 0.1) is 0 Å². The maximum atomic E-state index is 8.96. The lowest BCUT2D eigenvalue weighted by molar-refractivity contribution is 0.414. The van der Waals surface area contributed by atoms with E-state index in [9.17, 15) is 0 Å². The Morgan fingerprint density at radius 1 is 1.19 bits per heavy atom. The Hall–Kier alpha value is -2.95. The summed E-state index contributed by atoms with van der Waals surface area (Å²) in [5.74, 6) is 0.874. The van der Waals surface area contributed by atoms with Gasteiger partial charge >= 0.3 is 0 Å². The summed E-state index contributed by atoms with van der Waals surface area (Å²) < 4.78 is 14.3. The minimum absolute atomic E-state index is 0.238. The highest BCUT2D eigenvalue weighted by Gasteiger charge is 2.42. The Morgan fingerprint density at radius 2 is 2.08 bits per heavy atom. The first-order valence-corrected chi connectivity index (χ1v) is 8.92. The molecule has 3 aromatic rings. The molecule has 2 aromatic carbocycles. The molecule has 3 heterocycles. The summed E-state index contributed by atoms with van der Waals surface area (Å²) in [5.41, 5.74) is 5.42. The number of aromatic nitrogens is 2. The van der Waals surface area contributed by atoms with E-state index >= 15 is 0 Å². The molecule has 0 aliphatic carbocycles. The number of fused-ring (bicyclic) bond motifs is 1. The van der Waals surface area contributed by atoms with Crippen molar-refractivity contribution in [2.24, 2.45) is 0 Å². The Morgan fingerprint density at radius 3 is 2.85 bits per heavy atom. The molecule has 0 amide bonds. The lowest BCUT2D eigenvalue weighted by Gasteiger charge is -2.26. The fraction of sp³-hybridized carbons (Fsp3) is 0.286. The van der Waals surface area contributed by atoms with E-state index in [1.54, 1.807) is 7.11 Å². The van der Waals surface area contributed by atoms with Gasteiger partial charge < -0.3 is 15.0 Å². The zero-order chi connectivity index (χ0) is 18.4. The molecule has 1 aromatic heterocycles. The summed E-state index contributed by atoms with van der Waals surface area (Å²) in [6.07, 6.45) is 5.52. The van der Waals surface area contributed by atoms with Crippen LogP contribution in [-0.4, -0.2) is 35.9 Å². The van der Waals surface area contributed by atoms with Gasteiger partial charge in [-0.2, -0.15) is 5.10 Å². The van der Waals surface area contributed by atoms with Crippen molar-refractivity contribution in [1.82, 2.24) is 10.2 Å². The zero-order valence-corrected chi connectivity index (χ0v) is 14.7. The van der Waals surface area contributed by atoms with Crippen LogP contribution >= 0.6 is 0 Å². The van der Waals surface area contributed by atoms with Crippen molar-refractivity contribution in [2.45, 2.75) is 18.4 Å². The number of H-pyrrole nitrogens is 1. The third-order valence-electron chi connectivity index (χ3n) is 5.43. The van der Waals surface area contributed by atoms with Crippen molar-refractivity contribution in [3.8, 4) is 16.9 Å². The molecule has 0 bridgehead atoms. The smallest absolute Gasteiger partial charge is 0.119 e. The largest absolute Gasteiger partial charge is 0.497 e. The third kappa shape index (κ3) is 2.51. The van der Waals surface area contributed by atoms with Gasteiger partial charge in [0, 0.05) is 36.2 Å². The summed E-state index contributed by atoms with van der Waals surface area (Å²) in [4.78, 5) is 2.19. The quantitative estimate of drug-likeness (QED) is 0.758. The molecular weight excluding hydrogens is 324 g/mol. The minimum atomic E-state index is -0.337. The molecule has 5 rings (SSSR count). The van der Waals surface area contributed by atoms with Crippen molar-refractivity contribution in [2.75, 3.05) is 30.4 Å². The van der Waals surface area contributed by atoms with Crippen molar-refractivity contribution in [1.29, 1.82) is 0 Å². The van der Waals surface area contributed by atoms with Gasteiger partial charge in [0.15, 0.2) is 0 Å². The first kappa shape index (κ1) is 14.2. The Bertz CT molecular complexity index is 957. The fourth-order valence-electron chi connectivity index (χ4n) is 4.05. The van der Waals surface area contributed by atoms with Crippen molar-refractivity contribution in [3.05, 3.63) is 60.4 Å². The molecule has 5 heteroatoms. The Labute approximate surface area is 154 Å². The molecule has 0 radical (unpaired) electrons. The number of anilines is 2. The topological polar surface area (TPSA) is 53.2 Å². The van der Waals surface area contributed by atoms with Crippen molar-refractivity contribution >= 4 is 11.4 Å². The predicted octanol–water partition coefficient (Wildman–Crippen LogP) is 3.70. The molecule has 2 N–H and O–H groups in total. The van der Waals surface area contributed by atoms with Crippen LogP contribution in [0.4, 0.5) is 11.4 Å². The van der Waals surface area contributed by atoms with Gasteiger partial charge in [0.2, 0.25) is 0 Å². The second kappa shape index (κ2) is 5.80. The minimum Gasteiger partial charge on any atom is -0.497 e. The number of aromatic amines is 1. The molecule has 5 nitrogen and oxygen atoms in total. The molecule has 2 unspecified atom stereocenters. The van der Waals surface area contributed by atoms with Gasteiger partial charge in [-0.3, -0.25) is 5.10 Å². The highest BCUT2D eigenvalue weighted by Crippen LogP contribution is 2.41. The predicted molar refractivity (Wildman–Crippen MR) is 104 cm³/mol. The van der Waals surface area contributed by atoms with Gasteiger partial charge in [0.1, 0.15) is 5.75 Å². The maximum Gasteiger partial charge on any atom is 0.119 e. The fourth-order valence-corrected chi connectivity index (χ4v) is 4.05. The Kier molecular flexibility index (Phi) is 3.18. The van der Waals surface area contributed by atoms with Crippen LogP contribution in [0.1, 0.15) is 13.4 Å². The van der Waals surface area contributed by atoms with E-state index in [2.05, 4.69) is 56.8 Å². The van der Waals surface area contributed by atoms with Crippen LogP contribution in [0.25, 0.3) is 11.1 Å². The molecule has 2 atom stereocenters. The van der Waals surface area contributed by atoms with E-state index in [1.807, 2.05) is 18.5 Å². The molecular formula is C21H22N4O. The van der Waals surface area contributed by atoms with Gasteiger partial charge in [-0.1, -0.05) is 12.1 Å². The van der Waals surface area contributed by atoms with E-state index in [-0.39, 0.29) is 12.1 Å². The van der Waals surface area contributed by atoms with Crippen LogP contribution in [-0.2, 0) is 6.42 Å². The number of rotatable bonds is 3. The summed E-state index contributed by atoms with van der Waals surface area (Å²) >= 11 is 0. The summed E-state index contributed by atoms with van der Waals surface area (Å²) in [6.45, 7) is 0.535. The monoisotopic (exact) mass is 347 g/mol. The maximum absolute atomic E-state index is 8.96. The normalized spacial score (nSPS) is 24.4. The highest BCUT2D eigenvalue weighted by atomic mass is 16.5. The number of ether oxygens (including phenoxy) is 1. The number of nitrogens with one attached hydrogen (secondary N) is 2. The van der Waals surface area contributed by atoms with E-state index in [4.69, 9.17) is 6.11 Å².